The molecule has 3 aromatic carbocycles. The minimum absolute atomic E-state index is 0.0413. The Morgan fingerprint density at radius 3 is 2.06 bits per heavy atom. The van der Waals surface area contributed by atoms with Gasteiger partial charge in [0.2, 0.25) is 5.62 Å². The van der Waals surface area contributed by atoms with Gasteiger partial charge in [0.15, 0.2) is 0 Å². The van der Waals surface area contributed by atoms with Crippen molar-refractivity contribution in [2.75, 3.05) is 13.7 Å². The van der Waals surface area contributed by atoms with E-state index in [-0.39, 0.29) is 11.5 Å². The Morgan fingerprint density at radius 1 is 0.848 bits per heavy atom. The Hall–Kier alpha value is -3.11. The zero-order valence-electron chi connectivity index (χ0n) is 20.4. The number of hydrogen-bond acceptors (Lipinski definition) is 2. The van der Waals surface area contributed by atoms with Crippen molar-refractivity contribution >= 4 is 11.0 Å². The van der Waals surface area contributed by atoms with Crippen molar-refractivity contribution in [2.45, 2.75) is 52.1 Å². The van der Waals surface area contributed by atoms with E-state index in [4.69, 9.17) is 10.1 Å². The van der Waals surface area contributed by atoms with Crippen LogP contribution in [-0.4, -0.2) is 22.9 Å². The lowest BCUT2D eigenvalue weighted by molar-refractivity contribution is 0.154. The summed E-state index contributed by atoms with van der Waals surface area (Å²) in [5, 5.41) is 9.14. The van der Waals surface area contributed by atoms with E-state index >= 15 is 0 Å². The molecule has 0 bridgehead atoms. The predicted molar refractivity (Wildman–Crippen MR) is 136 cm³/mol. The average Bonchev–Trinajstić information content (AvgIpc) is 3.06. The quantitative estimate of drug-likeness (QED) is 0.375. The Labute approximate surface area is 197 Å². The molecule has 4 nitrogen and oxygen atoms in total. The molecule has 1 N–H and O–H groups in total. The molecule has 0 saturated carbocycles. The molecule has 0 amide bonds. The number of ether oxygens (including phenoxy) is 1. The number of nitrogens with zero attached hydrogens (tertiary/aromatic N) is 2. The van der Waals surface area contributed by atoms with Crippen molar-refractivity contribution in [3.05, 3.63) is 101 Å². The Bertz CT molecular complexity index is 1270. The van der Waals surface area contributed by atoms with Crippen molar-refractivity contribution in [2.24, 2.45) is 0 Å². The monoisotopic (exact) mass is 441 g/mol. The minimum atomic E-state index is 0.0413. The van der Waals surface area contributed by atoms with Crippen LogP contribution < -0.4 is 5.62 Å². The van der Waals surface area contributed by atoms with Gasteiger partial charge in [-0.3, -0.25) is 5.41 Å². The van der Waals surface area contributed by atoms with Crippen molar-refractivity contribution in [3.63, 3.8) is 0 Å². The van der Waals surface area contributed by atoms with Gasteiger partial charge in [0.25, 0.3) is 0 Å². The molecule has 4 heteroatoms. The van der Waals surface area contributed by atoms with E-state index in [1.165, 1.54) is 22.3 Å². The fourth-order valence-corrected chi connectivity index (χ4v) is 4.49. The van der Waals surface area contributed by atoms with Crippen LogP contribution in [0.5, 0.6) is 0 Å². The second-order valence-corrected chi connectivity index (χ2v) is 10.0. The SMILES string of the molecule is COCC(Cc1ccc(C)cc1)n1c(=N)n(Cc2ccc(C(C)(C)C)cc2)c2ccccc21. The molecule has 4 rings (SSSR count). The van der Waals surface area contributed by atoms with Gasteiger partial charge >= 0.3 is 0 Å². The van der Waals surface area contributed by atoms with Crippen LogP contribution in [0.25, 0.3) is 11.0 Å². The number of hydrogen-bond donors (Lipinski definition) is 1. The van der Waals surface area contributed by atoms with Gasteiger partial charge < -0.3 is 13.9 Å². The first-order valence-electron chi connectivity index (χ1n) is 11.7. The molecular formula is C29H35N3O. The number of fused-ring (bicyclic) bond motifs is 1. The first-order valence-corrected chi connectivity index (χ1v) is 11.7. The summed E-state index contributed by atoms with van der Waals surface area (Å²) in [6, 6.07) is 25.8. The third kappa shape index (κ3) is 4.96. The van der Waals surface area contributed by atoms with Crippen molar-refractivity contribution < 1.29 is 4.74 Å². The molecule has 0 aliphatic rings. The third-order valence-corrected chi connectivity index (χ3v) is 6.39. The summed E-state index contributed by atoms with van der Waals surface area (Å²) in [5.74, 6) is 0. The number of aromatic nitrogens is 2. The normalized spacial score (nSPS) is 12.9. The molecular weight excluding hydrogens is 406 g/mol. The van der Waals surface area contributed by atoms with Gasteiger partial charge in [0, 0.05) is 7.11 Å². The van der Waals surface area contributed by atoms with E-state index in [1.54, 1.807) is 7.11 Å². The molecule has 33 heavy (non-hydrogen) atoms. The first-order chi connectivity index (χ1) is 15.8. The van der Waals surface area contributed by atoms with Crippen LogP contribution in [0.15, 0.2) is 72.8 Å². The summed E-state index contributed by atoms with van der Waals surface area (Å²) in [6.07, 6.45) is 0.818. The summed E-state index contributed by atoms with van der Waals surface area (Å²) in [7, 11) is 1.74. The maximum atomic E-state index is 9.14. The molecule has 0 saturated heterocycles. The lowest BCUT2D eigenvalue weighted by atomic mass is 9.87. The highest BCUT2D eigenvalue weighted by Gasteiger charge is 2.20. The number of aryl methyl sites for hydroxylation is 1. The Morgan fingerprint density at radius 2 is 1.45 bits per heavy atom. The number of nitrogens with one attached hydrogen (secondary N) is 1. The fraction of sp³-hybridized carbons (Fsp3) is 0.345. The number of benzene rings is 3. The van der Waals surface area contributed by atoms with E-state index in [2.05, 4.69) is 110 Å². The zero-order valence-corrected chi connectivity index (χ0v) is 20.4. The van der Waals surface area contributed by atoms with Gasteiger partial charge in [-0.15, -0.1) is 0 Å². The van der Waals surface area contributed by atoms with Gasteiger partial charge in [0.05, 0.1) is 30.2 Å². The van der Waals surface area contributed by atoms with E-state index in [1.807, 2.05) is 0 Å². The summed E-state index contributed by atoms with van der Waals surface area (Å²) >= 11 is 0. The molecule has 1 heterocycles. The lowest BCUT2D eigenvalue weighted by Crippen LogP contribution is -2.31. The second kappa shape index (κ2) is 9.40. The van der Waals surface area contributed by atoms with Crippen LogP contribution in [0.1, 0.15) is 49.1 Å². The number of methoxy groups -OCH3 is 1. The van der Waals surface area contributed by atoms with E-state index in [0.717, 1.165) is 17.5 Å². The molecule has 0 aliphatic carbocycles. The summed E-state index contributed by atoms with van der Waals surface area (Å²) in [5.41, 5.74) is 7.81. The van der Waals surface area contributed by atoms with Crippen molar-refractivity contribution in [1.82, 2.24) is 9.13 Å². The molecule has 1 aromatic heterocycles. The molecule has 1 unspecified atom stereocenters. The van der Waals surface area contributed by atoms with Crippen LogP contribution in [0.4, 0.5) is 0 Å². The topological polar surface area (TPSA) is 42.9 Å². The highest BCUT2D eigenvalue weighted by atomic mass is 16.5. The standard InChI is InChI=1S/C29H35N3O/c1-21-10-12-22(13-11-21)18-25(20-33-5)32-27-9-7-6-8-26(27)31(28(32)30)19-23-14-16-24(17-15-23)29(2,3)4/h6-17,25,30H,18-20H2,1-5H3. The van der Waals surface area contributed by atoms with Gasteiger partial charge in [-0.05, 0) is 47.6 Å². The Kier molecular flexibility index (Phi) is 6.57. The second-order valence-electron chi connectivity index (χ2n) is 10.0. The third-order valence-electron chi connectivity index (χ3n) is 6.39. The maximum absolute atomic E-state index is 9.14. The number of rotatable bonds is 7. The fourth-order valence-electron chi connectivity index (χ4n) is 4.49. The molecule has 4 aromatic rings. The molecule has 0 spiro atoms. The van der Waals surface area contributed by atoms with E-state index in [9.17, 15) is 0 Å². The van der Waals surface area contributed by atoms with E-state index in [0.29, 0.717) is 18.8 Å². The van der Waals surface area contributed by atoms with Gasteiger partial charge in [-0.25, -0.2) is 0 Å². The highest BCUT2D eigenvalue weighted by molar-refractivity contribution is 5.76. The molecule has 0 fully saturated rings. The average molecular weight is 442 g/mol. The molecule has 0 aliphatic heterocycles. The van der Waals surface area contributed by atoms with Crippen LogP contribution in [0, 0.1) is 12.3 Å². The van der Waals surface area contributed by atoms with Gasteiger partial charge in [0.1, 0.15) is 0 Å². The molecule has 1 atom stereocenters. The number of para-hydroxylation sites is 2. The molecule has 172 valence electrons. The Balaban J connectivity index is 1.74. The van der Waals surface area contributed by atoms with Gasteiger partial charge in [-0.1, -0.05) is 87.0 Å². The largest absolute Gasteiger partial charge is 0.383 e. The predicted octanol–water partition coefficient (Wildman–Crippen LogP) is 6.01. The number of imidazole rings is 1. The zero-order chi connectivity index (χ0) is 23.6. The lowest BCUT2D eigenvalue weighted by Gasteiger charge is -2.20. The highest BCUT2D eigenvalue weighted by Crippen LogP contribution is 2.24. The summed E-state index contributed by atoms with van der Waals surface area (Å²) in [6.45, 7) is 10.0. The van der Waals surface area contributed by atoms with Crippen LogP contribution in [0.3, 0.4) is 0 Å². The van der Waals surface area contributed by atoms with Gasteiger partial charge in [-0.2, -0.15) is 0 Å². The summed E-state index contributed by atoms with van der Waals surface area (Å²) < 4.78 is 9.87. The van der Waals surface area contributed by atoms with Crippen LogP contribution in [0.2, 0.25) is 0 Å². The van der Waals surface area contributed by atoms with Crippen LogP contribution in [-0.2, 0) is 23.1 Å². The molecule has 0 radical (unpaired) electrons. The smallest absolute Gasteiger partial charge is 0.203 e. The van der Waals surface area contributed by atoms with E-state index < -0.39 is 0 Å². The van der Waals surface area contributed by atoms with Crippen LogP contribution >= 0.6 is 0 Å². The maximum Gasteiger partial charge on any atom is 0.203 e. The van der Waals surface area contributed by atoms with Crippen molar-refractivity contribution in [1.29, 1.82) is 5.41 Å². The van der Waals surface area contributed by atoms with Crippen molar-refractivity contribution in [3.8, 4) is 0 Å². The summed E-state index contributed by atoms with van der Waals surface area (Å²) in [4.78, 5) is 0. The first kappa shape index (κ1) is 23.1. The minimum Gasteiger partial charge on any atom is -0.383 e.